The van der Waals surface area contributed by atoms with Gasteiger partial charge >= 0.3 is 0 Å². The first-order valence-electron chi connectivity index (χ1n) is 3.42. The van der Waals surface area contributed by atoms with Crippen molar-refractivity contribution in [3.05, 3.63) is 28.7 Å². The predicted octanol–water partition coefficient (Wildman–Crippen LogP) is 1.98. The monoisotopic (exact) mass is 164 g/mol. The molecular weight excluding hydrogens is 156 g/mol. The van der Waals surface area contributed by atoms with E-state index in [1.54, 1.807) is 6.07 Å². The van der Waals surface area contributed by atoms with E-state index in [0.29, 0.717) is 6.42 Å². The summed E-state index contributed by atoms with van der Waals surface area (Å²) in [6, 6.07) is 4.51. The van der Waals surface area contributed by atoms with Crippen molar-refractivity contribution in [2.75, 3.05) is 0 Å². The van der Waals surface area contributed by atoms with E-state index in [4.69, 9.17) is 10.5 Å². The van der Waals surface area contributed by atoms with E-state index in [1.165, 1.54) is 18.3 Å². The van der Waals surface area contributed by atoms with Gasteiger partial charge in [0.25, 0.3) is 0 Å². The number of nitroso groups, excluding NO2 is 1. The molecule has 0 aliphatic carbocycles. The highest BCUT2D eigenvalue weighted by Crippen LogP contribution is 2.26. The zero-order valence-electron chi connectivity index (χ0n) is 6.32. The van der Waals surface area contributed by atoms with Gasteiger partial charge in [0, 0.05) is 6.42 Å². The standard InChI is InChI=1S/C8H8N2O2/c9-4-3-6-1-2-8(11)7(5-6)10-12/h1-2,4-5,9,11H,3H2. The quantitative estimate of drug-likeness (QED) is 0.529. The lowest BCUT2D eigenvalue weighted by molar-refractivity contribution is 0.476. The average Bonchev–Trinajstić information content (AvgIpc) is 2.09. The highest BCUT2D eigenvalue weighted by molar-refractivity contribution is 5.61. The van der Waals surface area contributed by atoms with Gasteiger partial charge in [-0.15, -0.1) is 4.91 Å². The van der Waals surface area contributed by atoms with E-state index in [1.807, 2.05) is 0 Å². The van der Waals surface area contributed by atoms with Crippen LogP contribution in [0.5, 0.6) is 5.75 Å². The van der Waals surface area contributed by atoms with Crippen molar-refractivity contribution < 1.29 is 5.11 Å². The molecule has 1 aromatic rings. The molecule has 0 bridgehead atoms. The Hall–Kier alpha value is -1.71. The summed E-state index contributed by atoms with van der Waals surface area (Å²) in [5.74, 6) is -0.126. The number of benzene rings is 1. The minimum atomic E-state index is -0.126. The van der Waals surface area contributed by atoms with Crippen LogP contribution in [0.4, 0.5) is 5.69 Å². The highest BCUT2D eigenvalue weighted by Gasteiger charge is 2.01. The molecule has 0 fully saturated rings. The molecule has 0 saturated heterocycles. The second-order valence-electron chi connectivity index (χ2n) is 2.32. The molecule has 0 spiro atoms. The Morgan fingerprint density at radius 3 is 2.92 bits per heavy atom. The van der Waals surface area contributed by atoms with Crippen LogP contribution in [-0.4, -0.2) is 11.3 Å². The van der Waals surface area contributed by atoms with E-state index < -0.39 is 0 Å². The number of phenolic OH excluding ortho intramolecular Hbond substituents is 1. The topological polar surface area (TPSA) is 73.5 Å². The zero-order chi connectivity index (χ0) is 8.97. The first-order chi connectivity index (χ1) is 5.77. The largest absolute Gasteiger partial charge is 0.506 e. The molecule has 0 aliphatic heterocycles. The van der Waals surface area contributed by atoms with Crippen molar-refractivity contribution in [2.24, 2.45) is 5.18 Å². The van der Waals surface area contributed by atoms with Crippen molar-refractivity contribution in [3.8, 4) is 5.75 Å². The summed E-state index contributed by atoms with van der Waals surface area (Å²) >= 11 is 0. The molecule has 12 heavy (non-hydrogen) atoms. The first-order valence-corrected chi connectivity index (χ1v) is 3.42. The van der Waals surface area contributed by atoms with Gasteiger partial charge in [0.1, 0.15) is 11.4 Å². The van der Waals surface area contributed by atoms with Gasteiger partial charge in [0.05, 0.1) is 0 Å². The third-order valence-electron chi connectivity index (χ3n) is 1.48. The molecule has 4 heteroatoms. The maximum Gasteiger partial charge on any atom is 0.149 e. The van der Waals surface area contributed by atoms with Gasteiger partial charge in [-0.3, -0.25) is 0 Å². The molecule has 0 radical (unpaired) electrons. The summed E-state index contributed by atoms with van der Waals surface area (Å²) in [5.41, 5.74) is 0.812. The number of rotatable bonds is 3. The smallest absolute Gasteiger partial charge is 0.149 e. The molecule has 2 N–H and O–H groups in total. The van der Waals surface area contributed by atoms with Gasteiger partial charge in [-0.25, -0.2) is 0 Å². The number of phenols is 1. The van der Waals surface area contributed by atoms with Crippen LogP contribution in [0.3, 0.4) is 0 Å². The van der Waals surface area contributed by atoms with Gasteiger partial charge < -0.3 is 10.5 Å². The van der Waals surface area contributed by atoms with Crippen LogP contribution in [0.15, 0.2) is 23.4 Å². The van der Waals surface area contributed by atoms with E-state index in [2.05, 4.69) is 5.18 Å². The molecule has 1 rings (SSSR count). The number of aromatic hydroxyl groups is 1. The molecule has 0 amide bonds. The zero-order valence-corrected chi connectivity index (χ0v) is 6.32. The third-order valence-corrected chi connectivity index (χ3v) is 1.48. The van der Waals surface area contributed by atoms with Crippen molar-refractivity contribution in [3.63, 3.8) is 0 Å². The Bertz CT molecular complexity index is 310. The normalized spacial score (nSPS) is 9.33. The average molecular weight is 164 g/mol. The predicted molar refractivity (Wildman–Crippen MR) is 46.0 cm³/mol. The van der Waals surface area contributed by atoms with E-state index in [9.17, 15) is 4.91 Å². The van der Waals surface area contributed by atoms with Crippen LogP contribution in [0.2, 0.25) is 0 Å². The molecular formula is C8H8N2O2. The van der Waals surface area contributed by atoms with Crippen LogP contribution in [0, 0.1) is 10.3 Å². The Morgan fingerprint density at radius 1 is 1.58 bits per heavy atom. The van der Waals surface area contributed by atoms with E-state index in [-0.39, 0.29) is 11.4 Å². The first kappa shape index (κ1) is 8.39. The van der Waals surface area contributed by atoms with Crippen LogP contribution in [0.25, 0.3) is 0 Å². The molecule has 0 aromatic heterocycles. The van der Waals surface area contributed by atoms with Crippen molar-refractivity contribution in [2.45, 2.75) is 6.42 Å². The summed E-state index contributed by atoms with van der Waals surface area (Å²) < 4.78 is 0. The number of hydrogen-bond acceptors (Lipinski definition) is 4. The van der Waals surface area contributed by atoms with Crippen molar-refractivity contribution in [1.82, 2.24) is 0 Å². The molecule has 0 saturated carbocycles. The van der Waals surface area contributed by atoms with Crippen LogP contribution in [-0.2, 0) is 6.42 Å². The minimum Gasteiger partial charge on any atom is -0.506 e. The van der Waals surface area contributed by atoms with Gasteiger partial charge in [0.15, 0.2) is 0 Å². The third kappa shape index (κ3) is 1.66. The fourth-order valence-electron chi connectivity index (χ4n) is 0.887. The lowest BCUT2D eigenvalue weighted by Crippen LogP contribution is -1.83. The van der Waals surface area contributed by atoms with E-state index in [0.717, 1.165) is 5.56 Å². The van der Waals surface area contributed by atoms with Crippen LogP contribution < -0.4 is 0 Å². The van der Waals surface area contributed by atoms with Gasteiger partial charge in [-0.2, -0.15) is 0 Å². The summed E-state index contributed by atoms with van der Waals surface area (Å²) in [4.78, 5) is 10.1. The maximum atomic E-state index is 10.1. The van der Waals surface area contributed by atoms with Crippen LogP contribution >= 0.6 is 0 Å². The number of nitrogens with zero attached hydrogens (tertiary/aromatic N) is 1. The number of nitrogens with one attached hydrogen (secondary N) is 1. The SMILES string of the molecule is N=CCc1ccc(O)c(N=O)c1. The van der Waals surface area contributed by atoms with Crippen LogP contribution in [0.1, 0.15) is 5.56 Å². The fraction of sp³-hybridized carbons (Fsp3) is 0.125. The molecule has 0 atom stereocenters. The van der Waals surface area contributed by atoms with Crippen molar-refractivity contribution in [1.29, 1.82) is 5.41 Å². The Labute approximate surface area is 69.3 Å². The van der Waals surface area contributed by atoms with E-state index >= 15 is 0 Å². The van der Waals surface area contributed by atoms with Gasteiger partial charge in [-0.05, 0) is 29.1 Å². The minimum absolute atomic E-state index is 0.0225. The molecule has 0 heterocycles. The summed E-state index contributed by atoms with van der Waals surface area (Å²) in [6.45, 7) is 0. The Balaban J connectivity index is 3.04. The maximum absolute atomic E-state index is 10.1. The van der Waals surface area contributed by atoms with Gasteiger partial charge in [0.2, 0.25) is 0 Å². The lowest BCUT2D eigenvalue weighted by Gasteiger charge is -1.98. The number of hydrogen-bond donors (Lipinski definition) is 2. The second-order valence-corrected chi connectivity index (χ2v) is 2.32. The Kier molecular flexibility index (Phi) is 2.53. The lowest BCUT2D eigenvalue weighted by atomic mass is 10.1. The molecule has 62 valence electrons. The molecule has 0 unspecified atom stereocenters. The summed E-state index contributed by atoms with van der Waals surface area (Å²) in [6.07, 6.45) is 1.67. The summed E-state index contributed by atoms with van der Waals surface area (Å²) in [5, 5.41) is 18.5. The molecule has 0 aliphatic rings. The second kappa shape index (κ2) is 3.61. The van der Waals surface area contributed by atoms with Crippen molar-refractivity contribution >= 4 is 11.9 Å². The Morgan fingerprint density at radius 2 is 2.33 bits per heavy atom. The fourth-order valence-corrected chi connectivity index (χ4v) is 0.887. The molecule has 4 nitrogen and oxygen atoms in total. The van der Waals surface area contributed by atoms with Gasteiger partial charge in [-0.1, -0.05) is 6.07 Å². The summed E-state index contributed by atoms with van der Waals surface area (Å²) in [7, 11) is 0. The highest BCUT2D eigenvalue weighted by atomic mass is 16.3. The molecule has 1 aromatic carbocycles.